The van der Waals surface area contributed by atoms with E-state index in [-0.39, 0.29) is 11.4 Å². The van der Waals surface area contributed by atoms with Crippen LogP contribution in [0.25, 0.3) is 11.3 Å². The number of nitrogens with zero attached hydrogens (tertiary/aromatic N) is 1. The van der Waals surface area contributed by atoms with E-state index in [1.807, 2.05) is 6.92 Å². The highest BCUT2D eigenvalue weighted by molar-refractivity contribution is 5.65. The minimum absolute atomic E-state index is 0.152. The van der Waals surface area contributed by atoms with Gasteiger partial charge in [-0.25, -0.2) is 0 Å². The SMILES string of the molecule is Cc1cc(C(C)(C)C)ccc1-c1oc(N)nc1C. The second-order valence-electron chi connectivity index (χ2n) is 5.75. The van der Waals surface area contributed by atoms with E-state index in [0.29, 0.717) is 0 Å². The Morgan fingerprint density at radius 3 is 2.28 bits per heavy atom. The predicted octanol–water partition coefficient (Wildman–Crippen LogP) is 3.84. The van der Waals surface area contributed by atoms with Gasteiger partial charge in [0.1, 0.15) is 0 Å². The Morgan fingerprint density at radius 2 is 1.83 bits per heavy atom. The summed E-state index contributed by atoms with van der Waals surface area (Å²) in [7, 11) is 0. The number of benzene rings is 1. The second-order valence-corrected chi connectivity index (χ2v) is 5.75. The van der Waals surface area contributed by atoms with Crippen LogP contribution in [0, 0.1) is 13.8 Å². The lowest BCUT2D eigenvalue weighted by atomic mass is 9.85. The molecule has 1 aromatic carbocycles. The fourth-order valence-electron chi connectivity index (χ4n) is 2.05. The molecule has 0 fully saturated rings. The van der Waals surface area contributed by atoms with Crippen molar-refractivity contribution in [3.05, 3.63) is 35.0 Å². The monoisotopic (exact) mass is 244 g/mol. The Kier molecular flexibility index (Phi) is 2.93. The summed E-state index contributed by atoms with van der Waals surface area (Å²) in [6.45, 7) is 10.6. The van der Waals surface area contributed by atoms with Gasteiger partial charge in [0.25, 0.3) is 6.01 Å². The largest absolute Gasteiger partial charge is 0.423 e. The summed E-state index contributed by atoms with van der Waals surface area (Å²) >= 11 is 0. The smallest absolute Gasteiger partial charge is 0.292 e. The Bertz CT molecular complexity index is 577. The third-order valence-electron chi connectivity index (χ3n) is 3.15. The molecular weight excluding hydrogens is 224 g/mol. The highest BCUT2D eigenvalue weighted by Gasteiger charge is 2.17. The van der Waals surface area contributed by atoms with Crippen LogP contribution in [0.3, 0.4) is 0 Å². The van der Waals surface area contributed by atoms with Gasteiger partial charge in [-0.1, -0.05) is 39.0 Å². The average molecular weight is 244 g/mol. The van der Waals surface area contributed by atoms with Crippen LogP contribution < -0.4 is 5.73 Å². The highest BCUT2D eigenvalue weighted by Crippen LogP contribution is 2.31. The van der Waals surface area contributed by atoms with Crippen molar-refractivity contribution >= 4 is 6.01 Å². The third-order valence-corrected chi connectivity index (χ3v) is 3.15. The van der Waals surface area contributed by atoms with Crippen molar-refractivity contribution in [1.29, 1.82) is 0 Å². The van der Waals surface area contributed by atoms with Gasteiger partial charge >= 0.3 is 0 Å². The second kappa shape index (κ2) is 4.16. The number of nitrogens with two attached hydrogens (primary N) is 1. The van der Waals surface area contributed by atoms with Gasteiger partial charge in [0.15, 0.2) is 5.76 Å². The van der Waals surface area contributed by atoms with Crippen LogP contribution >= 0.6 is 0 Å². The van der Waals surface area contributed by atoms with Gasteiger partial charge in [-0.3, -0.25) is 0 Å². The van der Waals surface area contributed by atoms with Gasteiger partial charge in [-0.15, -0.1) is 0 Å². The molecule has 3 nitrogen and oxygen atoms in total. The van der Waals surface area contributed by atoms with E-state index in [1.165, 1.54) is 11.1 Å². The Morgan fingerprint density at radius 1 is 1.17 bits per heavy atom. The zero-order chi connectivity index (χ0) is 13.5. The van der Waals surface area contributed by atoms with E-state index in [0.717, 1.165) is 17.0 Å². The summed E-state index contributed by atoms with van der Waals surface area (Å²) in [5, 5.41) is 0. The normalized spacial score (nSPS) is 11.8. The Labute approximate surface area is 108 Å². The fourth-order valence-corrected chi connectivity index (χ4v) is 2.05. The maximum Gasteiger partial charge on any atom is 0.292 e. The van der Waals surface area contributed by atoms with Crippen molar-refractivity contribution in [3.8, 4) is 11.3 Å². The number of hydrogen-bond donors (Lipinski definition) is 1. The summed E-state index contributed by atoms with van der Waals surface area (Å²) in [4.78, 5) is 4.11. The molecule has 18 heavy (non-hydrogen) atoms. The number of hydrogen-bond acceptors (Lipinski definition) is 3. The molecule has 0 aliphatic heterocycles. The quantitative estimate of drug-likeness (QED) is 0.829. The zero-order valence-corrected chi connectivity index (χ0v) is 11.7. The Hall–Kier alpha value is -1.77. The van der Waals surface area contributed by atoms with Gasteiger partial charge in [0.2, 0.25) is 0 Å². The molecule has 0 radical (unpaired) electrons. The van der Waals surface area contributed by atoms with Gasteiger partial charge in [0.05, 0.1) is 5.69 Å². The lowest BCUT2D eigenvalue weighted by Gasteiger charge is -2.20. The van der Waals surface area contributed by atoms with E-state index >= 15 is 0 Å². The molecule has 1 aromatic heterocycles. The Balaban J connectivity index is 2.51. The number of rotatable bonds is 1. The molecule has 3 heteroatoms. The predicted molar refractivity (Wildman–Crippen MR) is 74.5 cm³/mol. The fraction of sp³-hybridized carbons (Fsp3) is 0.400. The van der Waals surface area contributed by atoms with Crippen molar-refractivity contribution in [3.63, 3.8) is 0 Å². The number of anilines is 1. The van der Waals surface area contributed by atoms with Crippen LogP contribution in [-0.2, 0) is 5.41 Å². The van der Waals surface area contributed by atoms with E-state index in [2.05, 4.69) is 50.9 Å². The molecular formula is C15H20N2O. The molecule has 0 bridgehead atoms. The van der Waals surface area contributed by atoms with Crippen molar-refractivity contribution in [2.24, 2.45) is 0 Å². The third kappa shape index (κ3) is 2.26. The van der Waals surface area contributed by atoms with Crippen LogP contribution in [0.4, 0.5) is 6.01 Å². The number of nitrogen functional groups attached to an aromatic ring is 1. The van der Waals surface area contributed by atoms with Crippen molar-refractivity contribution in [1.82, 2.24) is 4.98 Å². The first kappa shape index (κ1) is 12.7. The zero-order valence-electron chi connectivity index (χ0n) is 11.7. The summed E-state index contributed by atoms with van der Waals surface area (Å²) in [5.41, 5.74) is 10.1. The van der Waals surface area contributed by atoms with E-state index in [4.69, 9.17) is 10.2 Å². The highest BCUT2D eigenvalue weighted by atomic mass is 16.4. The topological polar surface area (TPSA) is 52.0 Å². The molecule has 2 rings (SSSR count). The molecule has 0 aliphatic carbocycles. The molecule has 0 saturated heterocycles. The molecule has 0 spiro atoms. The van der Waals surface area contributed by atoms with Crippen LogP contribution in [0.5, 0.6) is 0 Å². The maximum absolute atomic E-state index is 5.59. The minimum atomic E-state index is 0.152. The van der Waals surface area contributed by atoms with Crippen molar-refractivity contribution < 1.29 is 4.42 Å². The molecule has 0 atom stereocenters. The summed E-state index contributed by atoms with van der Waals surface area (Å²) < 4.78 is 5.47. The number of aromatic nitrogens is 1. The lowest BCUT2D eigenvalue weighted by molar-refractivity contribution is 0.586. The lowest BCUT2D eigenvalue weighted by Crippen LogP contribution is -2.11. The van der Waals surface area contributed by atoms with Crippen LogP contribution in [-0.4, -0.2) is 4.98 Å². The van der Waals surface area contributed by atoms with E-state index in [1.54, 1.807) is 0 Å². The minimum Gasteiger partial charge on any atom is -0.423 e. The molecule has 96 valence electrons. The van der Waals surface area contributed by atoms with Gasteiger partial charge in [-0.2, -0.15) is 4.98 Å². The molecule has 0 unspecified atom stereocenters. The van der Waals surface area contributed by atoms with Crippen LogP contribution in [0.15, 0.2) is 22.6 Å². The summed E-state index contributed by atoms with van der Waals surface area (Å²) in [6, 6.07) is 6.65. The maximum atomic E-state index is 5.59. The molecule has 0 saturated carbocycles. The van der Waals surface area contributed by atoms with Crippen molar-refractivity contribution in [2.45, 2.75) is 40.0 Å². The molecule has 1 heterocycles. The van der Waals surface area contributed by atoms with Gasteiger partial charge in [0, 0.05) is 5.56 Å². The molecule has 0 amide bonds. The summed E-state index contributed by atoms with van der Waals surface area (Å²) in [5.74, 6) is 0.769. The van der Waals surface area contributed by atoms with Crippen molar-refractivity contribution in [2.75, 3.05) is 5.73 Å². The average Bonchev–Trinajstić information content (AvgIpc) is 2.56. The molecule has 0 aliphatic rings. The number of aryl methyl sites for hydroxylation is 2. The van der Waals surface area contributed by atoms with Crippen LogP contribution in [0.2, 0.25) is 0 Å². The number of oxazole rings is 1. The first-order chi connectivity index (χ1) is 8.29. The first-order valence-electron chi connectivity index (χ1n) is 6.13. The standard InChI is InChI=1S/C15H20N2O/c1-9-8-11(15(3,4)5)6-7-12(9)13-10(2)17-14(16)18-13/h6-8H,1-5H3,(H2,16,17). The molecule has 2 aromatic rings. The summed E-state index contributed by atoms with van der Waals surface area (Å²) in [6.07, 6.45) is 0. The molecule has 2 N–H and O–H groups in total. The van der Waals surface area contributed by atoms with Crippen LogP contribution in [0.1, 0.15) is 37.6 Å². The first-order valence-corrected chi connectivity index (χ1v) is 6.13. The van der Waals surface area contributed by atoms with Gasteiger partial charge < -0.3 is 10.2 Å². The van der Waals surface area contributed by atoms with E-state index in [9.17, 15) is 0 Å². The van der Waals surface area contributed by atoms with E-state index < -0.39 is 0 Å². The van der Waals surface area contributed by atoms with Gasteiger partial charge in [-0.05, 0) is 30.4 Å².